The number of fused-ring (bicyclic) bond motifs is 3. The third-order valence-electron chi connectivity index (χ3n) is 2.85. The molecular weight excluding hydrogens is 132 g/mol. The van der Waals surface area contributed by atoms with Gasteiger partial charge in [-0.2, -0.15) is 0 Å². The summed E-state index contributed by atoms with van der Waals surface area (Å²) in [6.07, 6.45) is 15.4. The predicted octanol–water partition coefficient (Wildman–Crippen LogP) is 3.45. The highest BCUT2D eigenvalue weighted by atomic mass is 14.2. The molecule has 0 heterocycles. The highest BCUT2D eigenvalue weighted by Gasteiger charge is 2.11. The van der Waals surface area contributed by atoms with E-state index in [0.29, 0.717) is 0 Å². The molecule has 11 heavy (non-hydrogen) atoms. The van der Waals surface area contributed by atoms with Crippen molar-refractivity contribution in [3.8, 4) is 0 Å². The van der Waals surface area contributed by atoms with Gasteiger partial charge in [0.2, 0.25) is 0 Å². The summed E-state index contributed by atoms with van der Waals surface area (Å²) < 4.78 is 0. The van der Waals surface area contributed by atoms with Gasteiger partial charge in [-0.15, -0.1) is 0 Å². The highest BCUT2D eigenvalue weighted by Crippen LogP contribution is 2.28. The lowest BCUT2D eigenvalue weighted by atomic mass is 9.95. The summed E-state index contributed by atoms with van der Waals surface area (Å²) in [5.74, 6) is 0.893. The van der Waals surface area contributed by atoms with Crippen LogP contribution >= 0.6 is 0 Å². The lowest BCUT2D eigenvalue weighted by Gasteiger charge is -2.11. The van der Waals surface area contributed by atoms with Crippen LogP contribution in [0.25, 0.3) is 0 Å². The van der Waals surface area contributed by atoms with Crippen LogP contribution in [0.2, 0.25) is 0 Å². The van der Waals surface area contributed by atoms with Crippen LogP contribution in [-0.4, -0.2) is 0 Å². The van der Waals surface area contributed by atoms with Crippen molar-refractivity contribution >= 4 is 0 Å². The van der Waals surface area contributed by atoms with Gasteiger partial charge in [-0.3, -0.25) is 0 Å². The molecule has 0 spiro atoms. The Kier molecular flexibility index (Phi) is 2.11. The van der Waals surface area contributed by atoms with E-state index in [1.807, 2.05) is 0 Å². The monoisotopic (exact) mass is 148 g/mol. The van der Waals surface area contributed by atoms with Crippen molar-refractivity contribution in [3.63, 3.8) is 0 Å². The summed E-state index contributed by atoms with van der Waals surface area (Å²) in [6, 6.07) is 0. The Balaban J connectivity index is 2.16. The Bertz CT molecular complexity index is 186. The first-order valence-corrected chi connectivity index (χ1v) is 4.80. The molecule has 0 aromatic heterocycles. The van der Waals surface area contributed by atoms with Gasteiger partial charge in [0.05, 0.1) is 0 Å². The fourth-order valence-corrected chi connectivity index (χ4v) is 2.10. The van der Waals surface area contributed by atoms with Gasteiger partial charge >= 0.3 is 0 Å². The quantitative estimate of drug-likeness (QED) is 0.461. The average molecular weight is 148 g/mol. The van der Waals surface area contributed by atoms with Crippen LogP contribution in [-0.2, 0) is 0 Å². The van der Waals surface area contributed by atoms with Crippen molar-refractivity contribution in [1.29, 1.82) is 0 Å². The van der Waals surface area contributed by atoms with E-state index < -0.39 is 0 Å². The molecule has 0 amide bonds. The fraction of sp³-hybridized carbons (Fsp3) is 0.636. The van der Waals surface area contributed by atoms with E-state index in [4.69, 9.17) is 0 Å². The smallest absolute Gasteiger partial charge is 0.0228 e. The normalized spacial score (nSPS) is 33.5. The van der Waals surface area contributed by atoms with Gasteiger partial charge in [0.25, 0.3) is 0 Å². The molecule has 2 aliphatic rings. The molecule has 0 aliphatic heterocycles. The van der Waals surface area contributed by atoms with Gasteiger partial charge in [-0.1, -0.05) is 23.8 Å². The Morgan fingerprint density at radius 2 is 2.09 bits per heavy atom. The molecule has 2 bridgehead atoms. The second kappa shape index (κ2) is 3.25. The zero-order chi connectivity index (χ0) is 7.52. The minimum absolute atomic E-state index is 0.893. The zero-order valence-electron chi connectivity index (χ0n) is 7.05. The molecule has 1 atom stereocenters. The van der Waals surface area contributed by atoms with E-state index in [9.17, 15) is 0 Å². The molecule has 0 aromatic carbocycles. The summed E-state index contributed by atoms with van der Waals surface area (Å²) in [6.45, 7) is 0. The van der Waals surface area contributed by atoms with Gasteiger partial charge in [-0.25, -0.2) is 0 Å². The van der Waals surface area contributed by atoms with Crippen LogP contribution in [0.1, 0.15) is 38.5 Å². The van der Waals surface area contributed by atoms with Crippen LogP contribution in [0, 0.1) is 5.92 Å². The van der Waals surface area contributed by atoms with Crippen LogP contribution < -0.4 is 0 Å². The van der Waals surface area contributed by atoms with Gasteiger partial charge in [0, 0.05) is 0 Å². The SMILES string of the molecule is C1=C2CC/C=C\C(CC1)CC2. The van der Waals surface area contributed by atoms with Crippen molar-refractivity contribution < 1.29 is 0 Å². The average Bonchev–Trinajstić information content (AvgIpc) is 2.11. The Hall–Kier alpha value is -0.520. The van der Waals surface area contributed by atoms with Crippen LogP contribution in [0.3, 0.4) is 0 Å². The van der Waals surface area contributed by atoms with Gasteiger partial charge < -0.3 is 0 Å². The Morgan fingerprint density at radius 3 is 3.09 bits per heavy atom. The van der Waals surface area contributed by atoms with E-state index >= 15 is 0 Å². The molecule has 0 N–H and O–H groups in total. The summed E-state index contributed by atoms with van der Waals surface area (Å²) in [5, 5.41) is 0. The first kappa shape index (κ1) is 7.15. The highest BCUT2D eigenvalue weighted by molar-refractivity contribution is 5.09. The summed E-state index contributed by atoms with van der Waals surface area (Å²) in [7, 11) is 0. The molecule has 0 radical (unpaired) electrons. The summed E-state index contributed by atoms with van der Waals surface area (Å²) in [4.78, 5) is 0. The molecule has 0 nitrogen and oxygen atoms in total. The third kappa shape index (κ3) is 1.74. The molecule has 2 aliphatic carbocycles. The zero-order valence-corrected chi connectivity index (χ0v) is 7.05. The van der Waals surface area contributed by atoms with E-state index in [1.54, 1.807) is 5.57 Å². The number of hydrogen-bond donors (Lipinski definition) is 0. The van der Waals surface area contributed by atoms with Crippen molar-refractivity contribution in [2.75, 3.05) is 0 Å². The lowest BCUT2D eigenvalue weighted by Crippen LogP contribution is -1.96. The van der Waals surface area contributed by atoms with E-state index in [2.05, 4.69) is 18.2 Å². The first-order chi connectivity index (χ1) is 5.45. The van der Waals surface area contributed by atoms with Gasteiger partial charge in [0.15, 0.2) is 0 Å². The molecule has 0 saturated carbocycles. The minimum atomic E-state index is 0.893. The topological polar surface area (TPSA) is 0 Å². The van der Waals surface area contributed by atoms with Crippen molar-refractivity contribution in [3.05, 3.63) is 23.8 Å². The van der Waals surface area contributed by atoms with Crippen LogP contribution in [0.5, 0.6) is 0 Å². The molecule has 1 unspecified atom stereocenters. The Labute approximate surface area is 69.0 Å². The first-order valence-electron chi connectivity index (χ1n) is 4.80. The maximum atomic E-state index is 2.48. The largest absolute Gasteiger partial charge is 0.0879 e. The van der Waals surface area contributed by atoms with Crippen molar-refractivity contribution in [2.24, 2.45) is 5.92 Å². The molecular formula is C11H16. The predicted molar refractivity (Wildman–Crippen MR) is 48.4 cm³/mol. The summed E-state index contributed by atoms with van der Waals surface area (Å²) >= 11 is 0. The molecule has 0 heteroatoms. The maximum absolute atomic E-state index is 2.48. The molecule has 0 fully saturated rings. The lowest BCUT2D eigenvalue weighted by molar-refractivity contribution is 0.555. The minimum Gasteiger partial charge on any atom is -0.0879 e. The third-order valence-corrected chi connectivity index (χ3v) is 2.85. The number of rotatable bonds is 0. The van der Waals surface area contributed by atoms with E-state index in [1.165, 1.54) is 38.5 Å². The number of allylic oxidation sites excluding steroid dienone is 4. The Morgan fingerprint density at radius 1 is 1.09 bits per heavy atom. The van der Waals surface area contributed by atoms with Gasteiger partial charge in [0.1, 0.15) is 0 Å². The maximum Gasteiger partial charge on any atom is -0.0228 e. The van der Waals surface area contributed by atoms with Crippen molar-refractivity contribution in [1.82, 2.24) is 0 Å². The second-order valence-electron chi connectivity index (χ2n) is 3.71. The summed E-state index contributed by atoms with van der Waals surface area (Å²) in [5.41, 5.74) is 1.72. The molecule has 0 aromatic rings. The van der Waals surface area contributed by atoms with Crippen LogP contribution in [0.4, 0.5) is 0 Å². The number of hydrogen-bond acceptors (Lipinski definition) is 0. The fourth-order valence-electron chi connectivity index (χ4n) is 2.10. The molecule has 0 saturated heterocycles. The standard InChI is InChI=1S/C11H16/c1-2-5-11-7-3-6-10(4-1)8-9-11/h1,4,7,10H,2-3,5-6,8-9H2/b4-1-. The molecule has 60 valence electrons. The van der Waals surface area contributed by atoms with Crippen LogP contribution in [0.15, 0.2) is 23.8 Å². The van der Waals surface area contributed by atoms with Crippen molar-refractivity contribution in [2.45, 2.75) is 38.5 Å². The van der Waals surface area contributed by atoms with E-state index in [-0.39, 0.29) is 0 Å². The van der Waals surface area contributed by atoms with Gasteiger partial charge in [-0.05, 0) is 44.4 Å². The van der Waals surface area contributed by atoms with E-state index in [0.717, 1.165) is 5.92 Å². The second-order valence-corrected chi connectivity index (χ2v) is 3.71. The molecule has 2 rings (SSSR count).